The van der Waals surface area contributed by atoms with Gasteiger partial charge in [0.05, 0.1) is 6.67 Å². The fourth-order valence-corrected chi connectivity index (χ4v) is 2.47. The lowest BCUT2D eigenvalue weighted by atomic mass is 9.94. The molecule has 0 N–H and O–H groups in total. The summed E-state index contributed by atoms with van der Waals surface area (Å²) in [7, 11) is 0. The monoisotopic (exact) mass is 292 g/mol. The van der Waals surface area contributed by atoms with Gasteiger partial charge in [-0.15, -0.1) is 0 Å². The minimum absolute atomic E-state index is 0.132. The molecule has 1 atom stereocenters. The van der Waals surface area contributed by atoms with Gasteiger partial charge < -0.3 is 0 Å². The van der Waals surface area contributed by atoms with Crippen LogP contribution in [0, 0.1) is 22.7 Å². The molecule has 0 aliphatic carbocycles. The summed E-state index contributed by atoms with van der Waals surface area (Å²) in [6, 6.07) is 15.8. The van der Waals surface area contributed by atoms with Crippen molar-refractivity contribution in [2.75, 3.05) is 6.67 Å². The van der Waals surface area contributed by atoms with Crippen molar-refractivity contribution < 1.29 is 4.39 Å². The summed E-state index contributed by atoms with van der Waals surface area (Å²) in [5.41, 5.74) is 2.81. The van der Waals surface area contributed by atoms with Crippen molar-refractivity contribution in [2.24, 2.45) is 0 Å². The number of nitrogens with zero attached hydrogens (tertiary/aromatic N) is 2. The van der Waals surface area contributed by atoms with Crippen molar-refractivity contribution >= 4 is 16.3 Å². The zero-order valence-corrected chi connectivity index (χ0v) is 12.7. The van der Waals surface area contributed by atoms with Crippen LogP contribution in [-0.4, -0.2) is 6.67 Å². The molecule has 2 nitrogen and oxygen atoms in total. The molecule has 3 heteroatoms. The summed E-state index contributed by atoms with van der Waals surface area (Å²) < 4.78 is 12.5. The van der Waals surface area contributed by atoms with Crippen LogP contribution < -0.4 is 0 Å². The van der Waals surface area contributed by atoms with Crippen LogP contribution >= 0.6 is 0 Å². The SMILES string of the molecule is CC(=C(C#N)C#N)c1ccc2cc(C(C)CCF)ccc2c1. The normalized spacial score (nSPS) is 11.5. The van der Waals surface area contributed by atoms with E-state index < -0.39 is 0 Å². The first kappa shape index (κ1) is 15.7. The van der Waals surface area contributed by atoms with Crippen LogP contribution in [0.25, 0.3) is 16.3 Å². The van der Waals surface area contributed by atoms with E-state index in [1.807, 2.05) is 49.4 Å². The topological polar surface area (TPSA) is 47.6 Å². The van der Waals surface area contributed by atoms with E-state index in [2.05, 4.69) is 6.07 Å². The van der Waals surface area contributed by atoms with E-state index in [4.69, 9.17) is 10.5 Å². The maximum atomic E-state index is 12.5. The molecule has 0 aromatic heterocycles. The van der Waals surface area contributed by atoms with E-state index in [1.54, 1.807) is 6.92 Å². The van der Waals surface area contributed by atoms with Crippen molar-refractivity contribution in [3.8, 4) is 12.1 Å². The van der Waals surface area contributed by atoms with Crippen molar-refractivity contribution in [3.05, 3.63) is 53.1 Å². The van der Waals surface area contributed by atoms with Gasteiger partial charge in [-0.05, 0) is 52.8 Å². The van der Waals surface area contributed by atoms with Gasteiger partial charge in [0, 0.05) is 0 Å². The van der Waals surface area contributed by atoms with Gasteiger partial charge >= 0.3 is 0 Å². The Morgan fingerprint density at radius 3 is 2.36 bits per heavy atom. The highest BCUT2D eigenvalue weighted by atomic mass is 19.1. The third-order valence-electron chi connectivity index (χ3n) is 4.01. The average Bonchev–Trinajstić information content (AvgIpc) is 2.55. The Kier molecular flexibility index (Phi) is 4.92. The highest BCUT2D eigenvalue weighted by Gasteiger charge is 2.08. The molecule has 0 aliphatic heterocycles. The van der Waals surface area contributed by atoms with E-state index in [0.29, 0.717) is 12.0 Å². The molecule has 2 rings (SSSR count). The van der Waals surface area contributed by atoms with Gasteiger partial charge in [-0.1, -0.05) is 37.3 Å². The Bertz CT molecular complexity index is 790. The molecule has 0 bridgehead atoms. The van der Waals surface area contributed by atoms with Crippen molar-refractivity contribution in [2.45, 2.75) is 26.2 Å². The minimum atomic E-state index is -0.312. The van der Waals surface area contributed by atoms with Gasteiger partial charge in [0.2, 0.25) is 0 Å². The zero-order valence-electron chi connectivity index (χ0n) is 12.7. The van der Waals surface area contributed by atoms with Gasteiger partial charge in [-0.25, -0.2) is 0 Å². The lowest BCUT2D eigenvalue weighted by Crippen LogP contribution is -1.94. The first-order valence-corrected chi connectivity index (χ1v) is 7.21. The van der Waals surface area contributed by atoms with Gasteiger partial charge in [0.1, 0.15) is 17.7 Å². The molecular weight excluding hydrogens is 275 g/mol. The van der Waals surface area contributed by atoms with E-state index in [0.717, 1.165) is 21.9 Å². The number of nitriles is 2. The Morgan fingerprint density at radius 1 is 1.09 bits per heavy atom. The first-order valence-electron chi connectivity index (χ1n) is 7.21. The first-order chi connectivity index (χ1) is 10.6. The summed E-state index contributed by atoms with van der Waals surface area (Å²) in [5, 5.41) is 20.0. The highest BCUT2D eigenvalue weighted by molar-refractivity contribution is 5.88. The third kappa shape index (κ3) is 3.15. The van der Waals surface area contributed by atoms with Gasteiger partial charge in [-0.3, -0.25) is 4.39 Å². The van der Waals surface area contributed by atoms with E-state index in [1.165, 1.54) is 0 Å². The molecule has 1 unspecified atom stereocenters. The number of halogens is 1. The molecule has 2 aromatic carbocycles. The second kappa shape index (κ2) is 6.87. The summed E-state index contributed by atoms with van der Waals surface area (Å²) in [6.07, 6.45) is 0.527. The second-order valence-electron chi connectivity index (χ2n) is 5.42. The van der Waals surface area contributed by atoms with Crippen LogP contribution in [-0.2, 0) is 0 Å². The largest absolute Gasteiger partial charge is 0.251 e. The van der Waals surface area contributed by atoms with Gasteiger partial charge in [0.25, 0.3) is 0 Å². The molecule has 0 fully saturated rings. The number of allylic oxidation sites excluding steroid dienone is 2. The number of fused-ring (bicyclic) bond motifs is 1. The van der Waals surface area contributed by atoms with Crippen molar-refractivity contribution in [1.29, 1.82) is 10.5 Å². The van der Waals surface area contributed by atoms with Crippen molar-refractivity contribution in [3.63, 3.8) is 0 Å². The predicted octanol–water partition coefficient (Wildman–Crippen LogP) is 5.12. The molecule has 0 heterocycles. The molecule has 0 saturated carbocycles. The molecule has 22 heavy (non-hydrogen) atoms. The number of benzene rings is 2. The van der Waals surface area contributed by atoms with Crippen LogP contribution in [0.2, 0.25) is 0 Å². The number of alkyl halides is 1. The van der Waals surface area contributed by atoms with E-state index >= 15 is 0 Å². The van der Waals surface area contributed by atoms with Crippen LogP contribution in [0.4, 0.5) is 4.39 Å². The predicted molar refractivity (Wildman–Crippen MR) is 86.8 cm³/mol. The molecule has 110 valence electrons. The van der Waals surface area contributed by atoms with Crippen LogP contribution in [0.1, 0.15) is 37.3 Å². The summed E-state index contributed by atoms with van der Waals surface area (Å²) in [5.74, 6) is 0.194. The van der Waals surface area contributed by atoms with Crippen LogP contribution in [0.15, 0.2) is 42.0 Å². The Balaban J connectivity index is 2.46. The smallest absolute Gasteiger partial charge is 0.133 e. The number of hydrogen-bond donors (Lipinski definition) is 0. The second-order valence-corrected chi connectivity index (χ2v) is 5.42. The van der Waals surface area contributed by atoms with E-state index in [-0.39, 0.29) is 18.2 Å². The van der Waals surface area contributed by atoms with Crippen molar-refractivity contribution in [1.82, 2.24) is 0 Å². The molecule has 2 aromatic rings. The summed E-state index contributed by atoms with van der Waals surface area (Å²) in [4.78, 5) is 0. The lowest BCUT2D eigenvalue weighted by molar-refractivity contribution is 0.448. The Labute approximate surface area is 130 Å². The molecule has 0 saturated heterocycles. The van der Waals surface area contributed by atoms with Gasteiger partial charge in [0.15, 0.2) is 0 Å². The third-order valence-corrected chi connectivity index (χ3v) is 4.01. The fraction of sp³-hybridized carbons (Fsp3) is 0.263. The maximum Gasteiger partial charge on any atom is 0.133 e. The molecule has 0 amide bonds. The standard InChI is InChI=1S/C19H17FN2/c1-13(7-8-20)15-3-5-18-10-16(4-6-17(18)9-15)14(2)19(11-21)12-22/h3-6,9-10,13H,7-8H2,1-2H3. The molecule has 0 radical (unpaired) electrons. The maximum absolute atomic E-state index is 12.5. The molecule has 0 spiro atoms. The number of rotatable bonds is 4. The molecular formula is C19H17FN2. The zero-order chi connectivity index (χ0) is 16.1. The average molecular weight is 292 g/mol. The quantitative estimate of drug-likeness (QED) is 0.734. The highest BCUT2D eigenvalue weighted by Crippen LogP contribution is 2.27. The van der Waals surface area contributed by atoms with E-state index in [9.17, 15) is 4.39 Å². The number of hydrogen-bond acceptors (Lipinski definition) is 2. The lowest BCUT2D eigenvalue weighted by Gasteiger charge is -2.11. The molecule has 0 aliphatic rings. The Hall–Kier alpha value is -2.65. The Morgan fingerprint density at radius 2 is 1.73 bits per heavy atom. The minimum Gasteiger partial charge on any atom is -0.251 e. The van der Waals surface area contributed by atoms with Crippen LogP contribution in [0.3, 0.4) is 0 Å². The fourth-order valence-electron chi connectivity index (χ4n) is 2.47. The summed E-state index contributed by atoms with van der Waals surface area (Å²) >= 11 is 0. The van der Waals surface area contributed by atoms with Gasteiger partial charge in [-0.2, -0.15) is 10.5 Å². The van der Waals surface area contributed by atoms with Crippen LogP contribution in [0.5, 0.6) is 0 Å². The summed E-state index contributed by atoms with van der Waals surface area (Å²) in [6.45, 7) is 3.49.